The molecule has 27 heavy (non-hydrogen) atoms. The van der Waals surface area contributed by atoms with Crippen LogP contribution in [-0.2, 0) is 11.3 Å². The maximum atomic E-state index is 13.3. The number of nitrogens with zero attached hydrogens (tertiary/aromatic N) is 2. The predicted octanol–water partition coefficient (Wildman–Crippen LogP) is 3.10. The number of nitrogens with one attached hydrogen (secondary N) is 1. The molecule has 1 heterocycles. The first-order valence-corrected chi connectivity index (χ1v) is 9.25. The molecule has 2 aromatic carbocycles. The summed E-state index contributed by atoms with van der Waals surface area (Å²) >= 11 is 1.44. The number of aromatic nitrogens is 2. The Hall–Kier alpha value is -3.00. The molecule has 0 atom stereocenters. The summed E-state index contributed by atoms with van der Waals surface area (Å²) in [5.41, 5.74) is 0.722. The zero-order chi connectivity index (χ0) is 19.6. The second kappa shape index (κ2) is 7.71. The maximum absolute atomic E-state index is 13.3. The van der Waals surface area contributed by atoms with Crippen LogP contribution in [0.1, 0.15) is 17.3 Å². The number of Topliss-reactive ketones (excluding diaryl/α,β-unsaturated/α-hetero) is 1. The second-order valence-electron chi connectivity index (χ2n) is 5.86. The van der Waals surface area contributed by atoms with Crippen LogP contribution in [0, 0.1) is 5.82 Å². The summed E-state index contributed by atoms with van der Waals surface area (Å²) in [6.45, 7) is 1.18. The molecule has 0 unspecified atom stereocenters. The van der Waals surface area contributed by atoms with Crippen LogP contribution in [0.15, 0.2) is 52.4 Å². The molecule has 1 amide bonds. The average molecular weight is 385 g/mol. The highest BCUT2D eigenvalue weighted by Gasteiger charge is 2.13. The standard InChI is InChI=1S/C19H16FN3O3S/c1-11(24)22-16-7-12(3-6-18(16)27-2)17(25)9-23-10-21-15-8-13(20)4-5-14(15)19(23)26/h3-8,10H,9H2,1-2H3,(H,22,24). The molecule has 0 bridgehead atoms. The van der Waals surface area contributed by atoms with E-state index in [2.05, 4.69) is 10.3 Å². The summed E-state index contributed by atoms with van der Waals surface area (Å²) in [6, 6.07) is 8.68. The number of fused-ring (bicyclic) bond motifs is 1. The lowest BCUT2D eigenvalue weighted by molar-refractivity contribution is -0.114. The van der Waals surface area contributed by atoms with Crippen molar-refractivity contribution in [2.45, 2.75) is 18.4 Å². The number of hydrogen-bond acceptors (Lipinski definition) is 5. The molecule has 0 saturated carbocycles. The van der Waals surface area contributed by atoms with Crippen LogP contribution in [0.3, 0.4) is 0 Å². The molecule has 8 heteroatoms. The van der Waals surface area contributed by atoms with Crippen LogP contribution in [0.4, 0.5) is 10.1 Å². The van der Waals surface area contributed by atoms with E-state index in [0.29, 0.717) is 11.3 Å². The van der Waals surface area contributed by atoms with Gasteiger partial charge in [-0.15, -0.1) is 11.8 Å². The van der Waals surface area contributed by atoms with Crippen molar-refractivity contribution in [2.75, 3.05) is 11.6 Å². The molecule has 1 N–H and O–H groups in total. The fourth-order valence-corrected chi connectivity index (χ4v) is 3.19. The van der Waals surface area contributed by atoms with Gasteiger partial charge in [0.15, 0.2) is 5.78 Å². The van der Waals surface area contributed by atoms with Gasteiger partial charge in [0.1, 0.15) is 5.82 Å². The number of benzene rings is 2. The summed E-state index contributed by atoms with van der Waals surface area (Å²) in [7, 11) is 0. The zero-order valence-corrected chi connectivity index (χ0v) is 15.5. The van der Waals surface area contributed by atoms with Gasteiger partial charge in [-0.05, 0) is 30.5 Å². The first-order chi connectivity index (χ1) is 12.9. The van der Waals surface area contributed by atoms with E-state index in [1.165, 1.54) is 47.8 Å². The molecule has 0 aliphatic rings. The monoisotopic (exact) mass is 385 g/mol. The van der Waals surface area contributed by atoms with Crippen molar-refractivity contribution >= 4 is 40.0 Å². The van der Waals surface area contributed by atoms with Gasteiger partial charge in [0, 0.05) is 23.4 Å². The van der Waals surface area contributed by atoms with E-state index in [1.807, 2.05) is 6.26 Å². The topological polar surface area (TPSA) is 81.1 Å². The van der Waals surface area contributed by atoms with Crippen LogP contribution in [-0.4, -0.2) is 27.5 Å². The molecule has 0 radical (unpaired) electrons. The quantitative estimate of drug-likeness (QED) is 0.539. The SMILES string of the molecule is CSc1ccc(C(=O)Cn2cnc3cc(F)ccc3c2=O)cc1NC(C)=O. The van der Waals surface area contributed by atoms with Crippen molar-refractivity contribution in [1.82, 2.24) is 9.55 Å². The summed E-state index contributed by atoms with van der Waals surface area (Å²) < 4.78 is 14.4. The first-order valence-electron chi connectivity index (χ1n) is 8.02. The molecule has 6 nitrogen and oxygen atoms in total. The van der Waals surface area contributed by atoms with Crippen LogP contribution in [0.5, 0.6) is 0 Å². The summed E-state index contributed by atoms with van der Waals surface area (Å²) in [5, 5.41) is 2.94. The lowest BCUT2D eigenvalue weighted by Gasteiger charge is -2.11. The van der Waals surface area contributed by atoms with Gasteiger partial charge in [-0.3, -0.25) is 19.0 Å². The molecule has 3 aromatic rings. The number of ketones is 1. The molecule has 0 fully saturated rings. The van der Waals surface area contributed by atoms with E-state index in [4.69, 9.17) is 0 Å². The zero-order valence-electron chi connectivity index (χ0n) is 14.7. The largest absolute Gasteiger partial charge is 0.325 e. The number of carbonyl (C=O) groups excluding carboxylic acids is 2. The Kier molecular flexibility index (Phi) is 5.36. The molecule has 0 spiro atoms. The fraction of sp³-hybridized carbons (Fsp3) is 0.158. The van der Waals surface area contributed by atoms with Crippen LogP contribution in [0.2, 0.25) is 0 Å². The maximum Gasteiger partial charge on any atom is 0.261 e. The van der Waals surface area contributed by atoms with Gasteiger partial charge in [0.05, 0.1) is 29.5 Å². The first kappa shape index (κ1) is 18.8. The highest BCUT2D eigenvalue weighted by molar-refractivity contribution is 7.98. The molecular formula is C19H16FN3O3S. The fourth-order valence-electron chi connectivity index (χ4n) is 2.66. The Labute approximate surface area is 158 Å². The highest BCUT2D eigenvalue weighted by atomic mass is 32.2. The summed E-state index contributed by atoms with van der Waals surface area (Å²) in [6.07, 6.45) is 3.10. The van der Waals surface area contributed by atoms with Gasteiger partial charge in [0.25, 0.3) is 5.56 Å². The van der Waals surface area contributed by atoms with E-state index in [1.54, 1.807) is 18.2 Å². The molecule has 0 aliphatic carbocycles. The van der Waals surface area contributed by atoms with Gasteiger partial charge >= 0.3 is 0 Å². The minimum Gasteiger partial charge on any atom is -0.325 e. The molecule has 0 saturated heterocycles. The number of anilines is 1. The smallest absolute Gasteiger partial charge is 0.261 e. The van der Waals surface area contributed by atoms with Crippen molar-refractivity contribution in [1.29, 1.82) is 0 Å². The van der Waals surface area contributed by atoms with Gasteiger partial charge < -0.3 is 5.32 Å². The number of carbonyl (C=O) groups is 2. The summed E-state index contributed by atoms with van der Waals surface area (Å²) in [5.74, 6) is -1.03. The van der Waals surface area contributed by atoms with Gasteiger partial charge in [-0.1, -0.05) is 6.07 Å². The molecule has 0 aliphatic heterocycles. The van der Waals surface area contributed by atoms with E-state index >= 15 is 0 Å². The Morgan fingerprint density at radius 3 is 2.70 bits per heavy atom. The molecule has 1 aromatic heterocycles. The van der Waals surface area contributed by atoms with E-state index in [9.17, 15) is 18.8 Å². The Bertz CT molecular complexity index is 1110. The minimum absolute atomic E-state index is 0.211. The molecule has 3 rings (SSSR count). The van der Waals surface area contributed by atoms with Crippen LogP contribution in [0.25, 0.3) is 10.9 Å². The van der Waals surface area contributed by atoms with Gasteiger partial charge in [-0.25, -0.2) is 9.37 Å². The van der Waals surface area contributed by atoms with Gasteiger partial charge in [-0.2, -0.15) is 0 Å². The normalized spacial score (nSPS) is 10.8. The summed E-state index contributed by atoms with van der Waals surface area (Å²) in [4.78, 5) is 41.4. The van der Waals surface area contributed by atoms with Crippen molar-refractivity contribution in [3.8, 4) is 0 Å². The van der Waals surface area contributed by atoms with Crippen molar-refractivity contribution in [3.05, 3.63) is 64.5 Å². The third kappa shape index (κ3) is 4.06. The lowest BCUT2D eigenvalue weighted by atomic mass is 10.1. The van der Waals surface area contributed by atoms with Crippen molar-refractivity contribution in [2.24, 2.45) is 0 Å². The average Bonchev–Trinajstić information content (AvgIpc) is 2.63. The highest BCUT2D eigenvalue weighted by Crippen LogP contribution is 2.26. The number of thioether (sulfide) groups is 1. The van der Waals surface area contributed by atoms with Crippen molar-refractivity contribution < 1.29 is 14.0 Å². The predicted molar refractivity (Wildman–Crippen MR) is 103 cm³/mol. The van der Waals surface area contributed by atoms with Crippen LogP contribution < -0.4 is 10.9 Å². The Morgan fingerprint density at radius 1 is 1.22 bits per heavy atom. The second-order valence-corrected chi connectivity index (χ2v) is 6.71. The third-order valence-corrected chi connectivity index (χ3v) is 4.73. The minimum atomic E-state index is -0.484. The lowest BCUT2D eigenvalue weighted by Crippen LogP contribution is -2.24. The number of hydrogen-bond donors (Lipinski definition) is 1. The Balaban J connectivity index is 1.92. The number of halogens is 1. The van der Waals surface area contributed by atoms with Gasteiger partial charge in [0.2, 0.25) is 5.91 Å². The number of rotatable bonds is 5. The Morgan fingerprint density at radius 2 is 2.00 bits per heavy atom. The molecule has 138 valence electrons. The molecular weight excluding hydrogens is 369 g/mol. The third-order valence-electron chi connectivity index (χ3n) is 3.93. The van der Waals surface area contributed by atoms with Crippen molar-refractivity contribution in [3.63, 3.8) is 0 Å². The van der Waals surface area contributed by atoms with E-state index < -0.39 is 11.4 Å². The number of amides is 1. The van der Waals surface area contributed by atoms with E-state index in [0.717, 1.165) is 4.90 Å². The van der Waals surface area contributed by atoms with E-state index in [-0.39, 0.29) is 29.1 Å². The van der Waals surface area contributed by atoms with Crippen LogP contribution >= 0.6 is 11.8 Å².